The van der Waals surface area contributed by atoms with Crippen LogP contribution in [-0.4, -0.2) is 34.9 Å². The number of methoxy groups -OCH3 is 1. The maximum Gasteiger partial charge on any atom is 0.350 e. The Labute approximate surface area is 193 Å². The van der Waals surface area contributed by atoms with Gasteiger partial charge in [0.15, 0.2) is 10.9 Å². The highest BCUT2D eigenvalue weighted by Gasteiger charge is 2.46. The zero-order valence-corrected chi connectivity index (χ0v) is 19.5. The van der Waals surface area contributed by atoms with Crippen LogP contribution in [0.4, 0.5) is 5.13 Å². The first-order chi connectivity index (χ1) is 14.8. The summed E-state index contributed by atoms with van der Waals surface area (Å²) >= 11 is 5.58. The van der Waals surface area contributed by atoms with Gasteiger partial charge in [-0.05, 0) is 36.1 Å². The van der Waals surface area contributed by atoms with Crippen LogP contribution >= 0.6 is 38.6 Å². The molecule has 3 heterocycles. The third kappa shape index (κ3) is 3.71. The Bertz CT molecular complexity index is 1220. The molecule has 0 saturated carbocycles. The van der Waals surface area contributed by atoms with E-state index >= 15 is 0 Å². The van der Waals surface area contributed by atoms with Crippen LogP contribution in [0, 0.1) is 6.92 Å². The number of aliphatic hydroxyl groups excluding tert-OH is 1. The van der Waals surface area contributed by atoms with Gasteiger partial charge in [-0.25, -0.2) is 9.78 Å². The van der Waals surface area contributed by atoms with E-state index in [1.54, 1.807) is 48.7 Å². The molecular formula is C21H15BrN2O5S2. The van der Waals surface area contributed by atoms with Crippen LogP contribution in [0.5, 0.6) is 0 Å². The van der Waals surface area contributed by atoms with E-state index in [0.29, 0.717) is 16.1 Å². The number of aryl methyl sites for hydroxylation is 1. The lowest BCUT2D eigenvalue weighted by atomic mass is 9.96. The van der Waals surface area contributed by atoms with Crippen LogP contribution in [0.25, 0.3) is 0 Å². The molecule has 0 aliphatic carbocycles. The van der Waals surface area contributed by atoms with Crippen LogP contribution in [0.2, 0.25) is 0 Å². The van der Waals surface area contributed by atoms with Crippen LogP contribution in [0.15, 0.2) is 57.6 Å². The topological polar surface area (TPSA) is 96.8 Å². The molecule has 1 aliphatic heterocycles. The number of carbonyl (C=O) groups is 3. The number of esters is 1. The van der Waals surface area contributed by atoms with Crippen molar-refractivity contribution in [2.24, 2.45) is 0 Å². The molecule has 0 saturated heterocycles. The summed E-state index contributed by atoms with van der Waals surface area (Å²) in [6, 6.07) is 9.56. The number of nitrogens with zero attached hydrogens (tertiary/aromatic N) is 2. The SMILES string of the molecule is COC(=O)c1sc(N2C(=O)C(O)=C(C(=O)c3cccs3)[C@H]2c2ccc(Br)cc2)nc1C. The minimum Gasteiger partial charge on any atom is -0.503 e. The van der Waals surface area contributed by atoms with E-state index in [-0.39, 0.29) is 15.6 Å². The molecule has 0 unspecified atom stereocenters. The molecule has 10 heteroatoms. The second-order valence-corrected chi connectivity index (χ2v) is 9.44. The highest BCUT2D eigenvalue weighted by atomic mass is 79.9. The molecule has 0 bridgehead atoms. The molecule has 1 aliphatic rings. The van der Waals surface area contributed by atoms with Crippen LogP contribution in [-0.2, 0) is 9.53 Å². The molecule has 0 spiro atoms. The zero-order valence-electron chi connectivity index (χ0n) is 16.3. The molecule has 3 aromatic rings. The Morgan fingerprint density at radius 3 is 2.55 bits per heavy atom. The average Bonchev–Trinajstić information content (AvgIpc) is 3.47. The summed E-state index contributed by atoms with van der Waals surface area (Å²) in [7, 11) is 1.26. The van der Waals surface area contributed by atoms with E-state index in [2.05, 4.69) is 20.9 Å². The maximum atomic E-state index is 13.2. The fraction of sp³-hybridized carbons (Fsp3) is 0.143. The Morgan fingerprint density at radius 2 is 1.94 bits per heavy atom. The summed E-state index contributed by atoms with van der Waals surface area (Å²) in [6.45, 7) is 1.63. The van der Waals surface area contributed by atoms with Crippen molar-refractivity contribution in [2.45, 2.75) is 13.0 Å². The van der Waals surface area contributed by atoms with Crippen molar-refractivity contribution in [3.05, 3.63) is 78.6 Å². The van der Waals surface area contributed by atoms with E-state index in [1.807, 2.05) is 0 Å². The Balaban J connectivity index is 1.87. The Hall–Kier alpha value is -2.82. The van der Waals surface area contributed by atoms with Gasteiger partial charge in [-0.15, -0.1) is 11.3 Å². The molecule has 1 atom stereocenters. The fourth-order valence-corrected chi connectivity index (χ4v) is 5.26. The summed E-state index contributed by atoms with van der Waals surface area (Å²) in [5.74, 6) is -2.38. The van der Waals surface area contributed by atoms with Gasteiger partial charge in [-0.1, -0.05) is 45.5 Å². The predicted molar refractivity (Wildman–Crippen MR) is 121 cm³/mol. The lowest BCUT2D eigenvalue weighted by Gasteiger charge is -2.24. The molecule has 7 nitrogen and oxygen atoms in total. The van der Waals surface area contributed by atoms with Gasteiger partial charge in [-0.2, -0.15) is 0 Å². The second kappa shape index (κ2) is 8.37. The van der Waals surface area contributed by atoms with Crippen LogP contribution in [0.3, 0.4) is 0 Å². The Kier molecular flexibility index (Phi) is 5.78. The smallest absolute Gasteiger partial charge is 0.350 e. The molecular weight excluding hydrogens is 504 g/mol. The lowest BCUT2D eigenvalue weighted by molar-refractivity contribution is -0.117. The second-order valence-electron chi connectivity index (χ2n) is 6.60. The predicted octanol–water partition coefficient (Wildman–Crippen LogP) is 4.85. The van der Waals surface area contributed by atoms with E-state index in [1.165, 1.54) is 23.3 Å². The van der Waals surface area contributed by atoms with Gasteiger partial charge in [0.25, 0.3) is 5.91 Å². The third-order valence-corrected chi connectivity index (χ3v) is 7.28. The van der Waals surface area contributed by atoms with Crippen molar-refractivity contribution >= 4 is 61.4 Å². The summed E-state index contributed by atoms with van der Waals surface area (Å²) in [5.41, 5.74) is 0.988. The highest BCUT2D eigenvalue weighted by Crippen LogP contribution is 2.44. The number of carbonyl (C=O) groups excluding carboxylic acids is 3. The van der Waals surface area contributed by atoms with Gasteiger partial charge in [0.05, 0.1) is 29.3 Å². The van der Waals surface area contributed by atoms with E-state index in [4.69, 9.17) is 4.74 Å². The number of aliphatic hydroxyl groups is 1. The fourth-order valence-electron chi connectivity index (χ4n) is 3.30. The quantitative estimate of drug-likeness (QED) is 0.383. The molecule has 158 valence electrons. The first-order valence-electron chi connectivity index (χ1n) is 8.99. The van der Waals surface area contributed by atoms with Crippen molar-refractivity contribution in [3.63, 3.8) is 0 Å². The third-order valence-electron chi connectivity index (χ3n) is 4.75. The van der Waals surface area contributed by atoms with Gasteiger partial charge in [0, 0.05) is 4.47 Å². The number of ether oxygens (including phenoxy) is 1. The molecule has 0 fully saturated rings. The molecule has 1 N–H and O–H groups in total. The number of amides is 1. The van der Waals surface area contributed by atoms with Crippen molar-refractivity contribution in [3.8, 4) is 0 Å². The molecule has 0 radical (unpaired) electrons. The first kappa shape index (κ1) is 21.4. The number of thiazole rings is 1. The minimum absolute atomic E-state index is 0.0257. The Morgan fingerprint density at radius 1 is 1.23 bits per heavy atom. The number of rotatable bonds is 5. The number of benzene rings is 1. The van der Waals surface area contributed by atoms with Crippen molar-refractivity contribution in [1.29, 1.82) is 0 Å². The lowest BCUT2D eigenvalue weighted by Crippen LogP contribution is -2.31. The minimum atomic E-state index is -0.897. The van der Waals surface area contributed by atoms with E-state index in [9.17, 15) is 19.5 Å². The van der Waals surface area contributed by atoms with Gasteiger partial charge in [0.2, 0.25) is 5.78 Å². The van der Waals surface area contributed by atoms with Gasteiger partial charge in [0.1, 0.15) is 4.88 Å². The molecule has 1 amide bonds. The summed E-state index contributed by atoms with van der Waals surface area (Å²) in [6.07, 6.45) is 0. The molecule has 31 heavy (non-hydrogen) atoms. The summed E-state index contributed by atoms with van der Waals surface area (Å²) in [5, 5.41) is 12.7. The first-order valence-corrected chi connectivity index (χ1v) is 11.5. The van der Waals surface area contributed by atoms with E-state index in [0.717, 1.165) is 15.8 Å². The number of ketones is 1. The number of halogens is 1. The monoisotopic (exact) mass is 518 g/mol. The number of anilines is 1. The van der Waals surface area contributed by atoms with Crippen LogP contribution in [0.1, 0.15) is 36.6 Å². The number of Topliss-reactive ketones (excluding diaryl/α,β-unsaturated/α-hetero) is 1. The molecule has 1 aromatic carbocycles. The largest absolute Gasteiger partial charge is 0.503 e. The molecule has 4 rings (SSSR count). The van der Waals surface area contributed by atoms with Gasteiger partial charge in [-0.3, -0.25) is 14.5 Å². The maximum absolute atomic E-state index is 13.2. The zero-order chi connectivity index (χ0) is 22.3. The van der Waals surface area contributed by atoms with Crippen molar-refractivity contribution in [1.82, 2.24) is 4.98 Å². The number of thiophene rings is 1. The van der Waals surface area contributed by atoms with E-state index < -0.39 is 29.5 Å². The van der Waals surface area contributed by atoms with Crippen molar-refractivity contribution in [2.75, 3.05) is 12.0 Å². The van der Waals surface area contributed by atoms with Crippen LogP contribution < -0.4 is 4.90 Å². The van der Waals surface area contributed by atoms with Gasteiger partial charge < -0.3 is 9.84 Å². The molecule has 2 aromatic heterocycles. The summed E-state index contributed by atoms with van der Waals surface area (Å²) < 4.78 is 5.61. The number of aromatic nitrogens is 1. The highest BCUT2D eigenvalue weighted by molar-refractivity contribution is 9.10. The van der Waals surface area contributed by atoms with Crippen molar-refractivity contribution < 1.29 is 24.2 Å². The standard InChI is InChI=1S/C21H15BrN2O5S2/c1-10-18(20(28)29-2)31-21(23-10)24-15(11-5-7-12(22)8-6-11)14(17(26)19(24)27)16(25)13-4-3-9-30-13/h3-9,15,26H,1-2H3/t15-/m1/s1. The van der Waals surface area contributed by atoms with Gasteiger partial charge >= 0.3 is 5.97 Å². The summed E-state index contributed by atoms with van der Waals surface area (Å²) in [4.78, 5) is 44.7. The number of hydrogen-bond acceptors (Lipinski definition) is 8. The number of hydrogen-bond donors (Lipinski definition) is 1. The normalized spacial score (nSPS) is 16.2. The average molecular weight is 519 g/mol.